The topological polar surface area (TPSA) is 71.7 Å². The molecule has 2 aromatic carbocycles. The van der Waals surface area contributed by atoms with E-state index < -0.39 is 34.2 Å². The van der Waals surface area contributed by atoms with Crippen LogP contribution in [0.5, 0.6) is 5.88 Å². The molecule has 1 amide bonds. The second kappa shape index (κ2) is 6.13. The number of benzene rings is 2. The van der Waals surface area contributed by atoms with Gasteiger partial charge in [0.2, 0.25) is 5.88 Å². The van der Waals surface area contributed by atoms with Gasteiger partial charge in [-0.2, -0.15) is 13.2 Å². The molecule has 2 heterocycles. The average Bonchev–Trinajstić information content (AvgIpc) is 3.09. The molecule has 3 aromatic rings. The standard InChI is InChI=1S/C18H8F4N2O3S/c19-9-4-5-12-11(7-9)13(15(25)23-12)14-16(26)24(17(27)28-14)10-3-1-2-8(6-10)18(20,21)22/h1-7,26H. The number of fused-ring (bicyclic) bond motifs is 1. The fourth-order valence-electron chi connectivity index (χ4n) is 2.88. The number of carbonyl (C=O) groups excluding carboxylic acids is 1. The van der Waals surface area contributed by atoms with Gasteiger partial charge >= 0.3 is 11.0 Å². The molecule has 10 heteroatoms. The van der Waals surface area contributed by atoms with Crippen molar-refractivity contribution in [1.82, 2.24) is 4.57 Å². The summed E-state index contributed by atoms with van der Waals surface area (Å²) in [4.78, 5) is 27.4. The van der Waals surface area contributed by atoms with Gasteiger partial charge in [0.1, 0.15) is 10.7 Å². The van der Waals surface area contributed by atoms with Gasteiger partial charge < -0.3 is 5.11 Å². The van der Waals surface area contributed by atoms with Crippen LogP contribution in [0.15, 0.2) is 52.3 Å². The zero-order chi connectivity index (χ0) is 20.2. The zero-order valence-electron chi connectivity index (χ0n) is 13.6. The van der Waals surface area contributed by atoms with Crippen molar-refractivity contribution in [2.75, 3.05) is 0 Å². The lowest BCUT2D eigenvalue weighted by molar-refractivity contribution is -0.137. The predicted octanol–water partition coefficient (Wildman–Crippen LogP) is 2.12. The molecular formula is C18H8F4N2O3S. The van der Waals surface area contributed by atoms with Crippen molar-refractivity contribution >= 4 is 22.8 Å². The minimum Gasteiger partial charge on any atom is -0.493 e. The lowest BCUT2D eigenvalue weighted by atomic mass is 10.1. The van der Waals surface area contributed by atoms with Gasteiger partial charge in [-0.3, -0.25) is 9.59 Å². The van der Waals surface area contributed by atoms with E-state index in [0.717, 1.165) is 24.3 Å². The van der Waals surface area contributed by atoms with Crippen LogP contribution in [-0.4, -0.2) is 15.6 Å². The Kier molecular flexibility index (Phi) is 3.96. The van der Waals surface area contributed by atoms with E-state index in [-0.39, 0.29) is 26.7 Å². The molecule has 0 saturated carbocycles. The Labute approximate surface area is 157 Å². The van der Waals surface area contributed by atoms with Gasteiger partial charge in [0.25, 0.3) is 5.91 Å². The molecule has 0 saturated heterocycles. The molecule has 0 spiro atoms. The molecule has 0 fully saturated rings. The summed E-state index contributed by atoms with van der Waals surface area (Å²) in [5, 5.41) is 10.8. The summed E-state index contributed by atoms with van der Waals surface area (Å²) < 4.78 is 53.1. The van der Waals surface area contributed by atoms with Gasteiger partial charge in [-0.05, 0) is 36.4 Å². The Morgan fingerprint density at radius 3 is 2.54 bits per heavy atom. The highest BCUT2D eigenvalue weighted by atomic mass is 32.1. The lowest BCUT2D eigenvalue weighted by Crippen LogP contribution is -2.23. The van der Waals surface area contributed by atoms with Gasteiger partial charge in [-0.15, -0.1) is 0 Å². The van der Waals surface area contributed by atoms with Crippen LogP contribution in [0.2, 0.25) is 0 Å². The Morgan fingerprint density at radius 1 is 1.07 bits per heavy atom. The van der Waals surface area contributed by atoms with Crippen LogP contribution < -0.4 is 15.4 Å². The van der Waals surface area contributed by atoms with E-state index in [1.807, 2.05) is 0 Å². The molecule has 28 heavy (non-hydrogen) atoms. The lowest BCUT2D eigenvalue weighted by Gasteiger charge is -2.09. The summed E-state index contributed by atoms with van der Waals surface area (Å²) in [7, 11) is 0. The van der Waals surface area contributed by atoms with Crippen molar-refractivity contribution in [3.05, 3.63) is 79.0 Å². The highest BCUT2D eigenvalue weighted by Crippen LogP contribution is 2.33. The molecule has 0 radical (unpaired) electrons. The number of rotatable bonds is 2. The Hall–Kier alpha value is -3.27. The van der Waals surface area contributed by atoms with Gasteiger partial charge in [-0.25, -0.2) is 13.9 Å². The summed E-state index contributed by atoms with van der Waals surface area (Å²) in [5.74, 6) is -2.15. The number of aromatic nitrogens is 1. The molecule has 0 atom stereocenters. The van der Waals surface area contributed by atoms with E-state index in [4.69, 9.17) is 0 Å². The van der Waals surface area contributed by atoms with Gasteiger partial charge in [0, 0.05) is 5.22 Å². The van der Waals surface area contributed by atoms with Crippen LogP contribution in [0.25, 0.3) is 11.3 Å². The number of halogens is 4. The molecular weight excluding hydrogens is 400 g/mol. The summed E-state index contributed by atoms with van der Waals surface area (Å²) >= 11 is 0.455. The van der Waals surface area contributed by atoms with Gasteiger partial charge in [-0.1, -0.05) is 17.4 Å². The van der Waals surface area contributed by atoms with Gasteiger partial charge in [0.05, 0.1) is 22.2 Å². The highest BCUT2D eigenvalue weighted by Gasteiger charge is 2.32. The maximum atomic E-state index is 13.6. The summed E-state index contributed by atoms with van der Waals surface area (Å²) in [6.07, 6.45) is -4.64. The van der Waals surface area contributed by atoms with Crippen LogP contribution in [0, 0.1) is 5.82 Å². The maximum absolute atomic E-state index is 13.6. The van der Waals surface area contributed by atoms with Crippen molar-refractivity contribution in [2.45, 2.75) is 6.18 Å². The minimum atomic E-state index is -4.64. The molecule has 0 unspecified atom stereocenters. The molecule has 1 N–H and O–H groups in total. The number of carbonyl (C=O) groups is 1. The number of thiazole rings is 1. The highest BCUT2D eigenvalue weighted by molar-refractivity contribution is 7.11. The van der Waals surface area contributed by atoms with Crippen molar-refractivity contribution in [3.8, 4) is 11.6 Å². The van der Waals surface area contributed by atoms with E-state index in [0.29, 0.717) is 22.0 Å². The van der Waals surface area contributed by atoms with Crippen molar-refractivity contribution in [1.29, 1.82) is 0 Å². The number of aromatic hydroxyl groups is 1. The van der Waals surface area contributed by atoms with E-state index in [9.17, 15) is 32.3 Å². The van der Waals surface area contributed by atoms with Crippen molar-refractivity contribution in [2.24, 2.45) is 4.99 Å². The molecule has 0 bridgehead atoms. The van der Waals surface area contributed by atoms with Gasteiger partial charge in [0.15, 0.2) is 0 Å². The second-order valence-electron chi connectivity index (χ2n) is 5.86. The smallest absolute Gasteiger partial charge is 0.416 e. The second-order valence-corrected chi connectivity index (χ2v) is 6.82. The Bertz CT molecular complexity index is 1320. The van der Waals surface area contributed by atoms with Crippen molar-refractivity contribution in [3.63, 3.8) is 0 Å². The Balaban J connectivity index is 1.96. The molecule has 4 rings (SSSR count). The van der Waals surface area contributed by atoms with E-state index in [1.165, 1.54) is 12.1 Å². The maximum Gasteiger partial charge on any atom is 0.416 e. The summed E-state index contributed by atoms with van der Waals surface area (Å²) in [6.45, 7) is 0. The Morgan fingerprint density at radius 2 is 1.82 bits per heavy atom. The van der Waals surface area contributed by atoms with Crippen LogP contribution in [0.4, 0.5) is 17.6 Å². The first-order chi connectivity index (χ1) is 13.2. The minimum absolute atomic E-state index is 0.0951. The first kappa shape index (κ1) is 18.1. The number of amides is 1. The summed E-state index contributed by atoms with van der Waals surface area (Å²) in [5.41, 5.74) is -1.40. The third kappa shape index (κ3) is 2.82. The van der Waals surface area contributed by atoms with E-state index in [2.05, 4.69) is 4.99 Å². The normalized spacial score (nSPS) is 13.6. The molecule has 1 aliphatic heterocycles. The van der Waals surface area contributed by atoms with E-state index in [1.54, 1.807) is 0 Å². The molecule has 1 aromatic heterocycles. The number of alkyl halides is 3. The SMILES string of the molecule is O=C1N=c2ccc(F)cc2=C1c1sc(=O)n(-c2cccc(C(F)(F)F)c2)c1O. The zero-order valence-corrected chi connectivity index (χ0v) is 14.4. The van der Waals surface area contributed by atoms with Crippen LogP contribution in [0.3, 0.4) is 0 Å². The summed E-state index contributed by atoms with van der Waals surface area (Å²) in [6, 6.07) is 7.26. The first-order valence-electron chi connectivity index (χ1n) is 7.72. The largest absolute Gasteiger partial charge is 0.493 e. The third-order valence-electron chi connectivity index (χ3n) is 4.11. The van der Waals surface area contributed by atoms with Crippen molar-refractivity contribution < 1.29 is 27.5 Å². The van der Waals surface area contributed by atoms with Crippen LogP contribution in [-0.2, 0) is 11.0 Å². The molecule has 0 aliphatic carbocycles. The first-order valence-corrected chi connectivity index (χ1v) is 8.54. The number of hydrogen-bond donors (Lipinski definition) is 1. The molecule has 142 valence electrons. The fraction of sp³-hybridized carbons (Fsp3) is 0.0556. The third-order valence-corrected chi connectivity index (χ3v) is 5.06. The molecule has 5 nitrogen and oxygen atoms in total. The molecule has 1 aliphatic rings. The predicted molar refractivity (Wildman–Crippen MR) is 91.3 cm³/mol. The average molecular weight is 408 g/mol. The van der Waals surface area contributed by atoms with Crippen LogP contribution in [0.1, 0.15) is 10.4 Å². The number of hydrogen-bond acceptors (Lipinski definition) is 4. The quantitative estimate of drug-likeness (QED) is 0.661. The fourth-order valence-corrected chi connectivity index (χ4v) is 3.82. The van der Waals surface area contributed by atoms with E-state index >= 15 is 0 Å². The van der Waals surface area contributed by atoms with Crippen LogP contribution >= 0.6 is 11.3 Å². The monoisotopic (exact) mass is 408 g/mol. The number of nitrogens with zero attached hydrogens (tertiary/aromatic N) is 2.